The van der Waals surface area contributed by atoms with Gasteiger partial charge in [-0.05, 0) is 12.1 Å². The number of para-hydroxylation sites is 1. The predicted molar refractivity (Wildman–Crippen MR) is 72.1 cm³/mol. The first-order valence-electron chi connectivity index (χ1n) is 5.94. The highest BCUT2D eigenvalue weighted by atomic mass is 35.5. The Bertz CT molecular complexity index is 448. The summed E-state index contributed by atoms with van der Waals surface area (Å²) in [7, 11) is 0. The molecule has 1 aromatic rings. The Morgan fingerprint density at radius 1 is 1.22 bits per heavy atom. The van der Waals surface area contributed by atoms with Gasteiger partial charge in [-0.1, -0.05) is 29.3 Å². The van der Waals surface area contributed by atoms with Gasteiger partial charge in [0.2, 0.25) is 0 Å². The molecular weight excluding hydrogens is 275 g/mol. The van der Waals surface area contributed by atoms with E-state index in [2.05, 4.69) is 10.2 Å². The molecule has 1 fully saturated rings. The van der Waals surface area contributed by atoms with Crippen LogP contribution in [0.1, 0.15) is 0 Å². The average Bonchev–Trinajstić information content (AvgIpc) is 2.38. The van der Waals surface area contributed by atoms with E-state index in [-0.39, 0.29) is 6.61 Å². The zero-order chi connectivity index (χ0) is 12.6. The summed E-state index contributed by atoms with van der Waals surface area (Å²) in [5.74, 6) is 1.33. The van der Waals surface area contributed by atoms with E-state index in [1.807, 2.05) is 18.2 Å². The molecule has 2 heterocycles. The Hall–Kier alpha value is -0.840. The third kappa shape index (κ3) is 2.32. The molecular formula is C12H14Cl2N2O2. The number of benzene rings is 1. The number of ether oxygens (including phenoxy) is 2. The van der Waals surface area contributed by atoms with Crippen molar-refractivity contribution in [2.45, 2.75) is 4.52 Å². The molecule has 0 amide bonds. The summed E-state index contributed by atoms with van der Waals surface area (Å²) in [6.45, 7) is 3.90. The van der Waals surface area contributed by atoms with E-state index in [1.165, 1.54) is 0 Å². The second kappa shape index (κ2) is 4.68. The Morgan fingerprint density at radius 3 is 2.78 bits per heavy atom. The summed E-state index contributed by atoms with van der Waals surface area (Å²) >= 11 is 12.0. The molecule has 98 valence electrons. The van der Waals surface area contributed by atoms with Crippen molar-refractivity contribution in [3.8, 4) is 11.5 Å². The van der Waals surface area contributed by atoms with E-state index < -0.39 is 4.52 Å². The number of rotatable bonds is 1. The van der Waals surface area contributed by atoms with Crippen LogP contribution in [-0.4, -0.2) is 37.3 Å². The molecule has 0 saturated carbocycles. The van der Waals surface area contributed by atoms with E-state index in [0.717, 1.165) is 31.9 Å². The fraction of sp³-hybridized carbons (Fsp3) is 0.500. The van der Waals surface area contributed by atoms with Crippen molar-refractivity contribution in [1.82, 2.24) is 5.32 Å². The Kier molecular flexibility index (Phi) is 3.18. The number of hydrogen-bond acceptors (Lipinski definition) is 4. The summed E-state index contributed by atoms with van der Waals surface area (Å²) in [5.41, 5.74) is 0.986. The minimum Gasteiger partial charge on any atom is -0.483 e. The van der Waals surface area contributed by atoms with Crippen molar-refractivity contribution in [2.75, 3.05) is 37.7 Å². The maximum Gasteiger partial charge on any atom is 0.292 e. The van der Waals surface area contributed by atoms with Crippen molar-refractivity contribution in [3.63, 3.8) is 0 Å². The highest BCUT2D eigenvalue weighted by Crippen LogP contribution is 2.45. The van der Waals surface area contributed by atoms with Crippen LogP contribution in [0.5, 0.6) is 11.5 Å². The van der Waals surface area contributed by atoms with E-state index in [9.17, 15) is 0 Å². The van der Waals surface area contributed by atoms with Crippen LogP contribution in [-0.2, 0) is 0 Å². The van der Waals surface area contributed by atoms with E-state index in [0.29, 0.717) is 11.5 Å². The summed E-state index contributed by atoms with van der Waals surface area (Å²) in [6, 6.07) is 5.82. The van der Waals surface area contributed by atoms with Gasteiger partial charge in [0.05, 0.1) is 5.69 Å². The molecule has 0 spiro atoms. The van der Waals surface area contributed by atoms with Crippen molar-refractivity contribution in [3.05, 3.63) is 18.2 Å². The molecule has 1 N–H and O–H groups in total. The molecule has 2 aliphatic rings. The lowest BCUT2D eigenvalue weighted by atomic mass is 10.2. The Morgan fingerprint density at radius 2 is 2.00 bits per heavy atom. The number of anilines is 1. The Labute approximate surface area is 116 Å². The number of halogens is 2. The van der Waals surface area contributed by atoms with Crippen LogP contribution in [0, 0.1) is 0 Å². The first-order chi connectivity index (χ1) is 8.66. The fourth-order valence-corrected chi connectivity index (χ4v) is 2.48. The Balaban J connectivity index is 1.95. The third-order valence-corrected chi connectivity index (χ3v) is 3.44. The summed E-state index contributed by atoms with van der Waals surface area (Å²) in [6.07, 6.45) is 0. The van der Waals surface area contributed by atoms with Gasteiger partial charge in [-0.25, -0.2) is 0 Å². The van der Waals surface area contributed by atoms with Crippen LogP contribution in [0.2, 0.25) is 0 Å². The minimum atomic E-state index is -1.31. The molecule has 0 bridgehead atoms. The molecule has 2 aliphatic heterocycles. The lowest BCUT2D eigenvalue weighted by Crippen LogP contribution is -2.44. The van der Waals surface area contributed by atoms with Crippen LogP contribution in [0.3, 0.4) is 0 Å². The van der Waals surface area contributed by atoms with Gasteiger partial charge in [-0.3, -0.25) is 0 Å². The molecule has 4 nitrogen and oxygen atoms in total. The van der Waals surface area contributed by atoms with Crippen molar-refractivity contribution >= 4 is 28.9 Å². The molecule has 6 heteroatoms. The lowest BCUT2D eigenvalue weighted by Gasteiger charge is -2.35. The van der Waals surface area contributed by atoms with E-state index >= 15 is 0 Å². The third-order valence-electron chi connectivity index (χ3n) is 3.06. The number of piperazine rings is 1. The van der Waals surface area contributed by atoms with Gasteiger partial charge in [0.1, 0.15) is 0 Å². The first kappa shape index (κ1) is 12.2. The molecule has 0 aromatic heterocycles. The maximum atomic E-state index is 6.00. The molecule has 1 aromatic carbocycles. The monoisotopic (exact) mass is 288 g/mol. The van der Waals surface area contributed by atoms with Gasteiger partial charge < -0.3 is 19.7 Å². The zero-order valence-corrected chi connectivity index (χ0v) is 11.3. The lowest BCUT2D eigenvalue weighted by molar-refractivity contribution is 0.117. The number of fused-ring (bicyclic) bond motifs is 1. The van der Waals surface area contributed by atoms with Gasteiger partial charge >= 0.3 is 0 Å². The van der Waals surface area contributed by atoms with Crippen molar-refractivity contribution in [2.24, 2.45) is 0 Å². The second-order valence-electron chi connectivity index (χ2n) is 4.37. The predicted octanol–water partition coefficient (Wildman–Crippen LogP) is 2.00. The van der Waals surface area contributed by atoms with E-state index in [4.69, 9.17) is 32.7 Å². The van der Waals surface area contributed by atoms with Crippen LogP contribution >= 0.6 is 23.2 Å². The number of nitrogens with one attached hydrogen (secondary N) is 1. The maximum absolute atomic E-state index is 6.00. The smallest absolute Gasteiger partial charge is 0.292 e. The first-order valence-corrected chi connectivity index (χ1v) is 6.70. The van der Waals surface area contributed by atoms with Gasteiger partial charge in [0.15, 0.2) is 18.1 Å². The zero-order valence-electron chi connectivity index (χ0n) is 9.79. The molecule has 3 rings (SSSR count). The summed E-state index contributed by atoms with van der Waals surface area (Å²) in [4.78, 5) is 2.24. The second-order valence-corrected chi connectivity index (χ2v) is 5.78. The van der Waals surface area contributed by atoms with Crippen LogP contribution in [0.4, 0.5) is 5.69 Å². The van der Waals surface area contributed by atoms with Crippen molar-refractivity contribution in [1.29, 1.82) is 0 Å². The molecule has 1 saturated heterocycles. The van der Waals surface area contributed by atoms with Crippen molar-refractivity contribution < 1.29 is 9.47 Å². The SMILES string of the molecule is ClC1(Cl)COc2cccc(N3CCNCC3)c2O1. The van der Waals surface area contributed by atoms with Gasteiger partial charge in [-0.2, -0.15) is 0 Å². The molecule has 0 radical (unpaired) electrons. The van der Waals surface area contributed by atoms with Gasteiger partial charge in [0.25, 0.3) is 4.52 Å². The quantitative estimate of drug-likeness (QED) is 0.802. The fourth-order valence-electron chi connectivity index (χ4n) is 2.22. The van der Waals surface area contributed by atoms with Gasteiger partial charge in [-0.15, -0.1) is 0 Å². The van der Waals surface area contributed by atoms with Crippen LogP contribution in [0.25, 0.3) is 0 Å². The van der Waals surface area contributed by atoms with Gasteiger partial charge in [0, 0.05) is 26.2 Å². The highest BCUT2D eigenvalue weighted by molar-refractivity contribution is 6.47. The molecule has 0 atom stereocenters. The van der Waals surface area contributed by atoms with E-state index in [1.54, 1.807) is 0 Å². The molecule has 0 aliphatic carbocycles. The minimum absolute atomic E-state index is 0.133. The average molecular weight is 289 g/mol. The number of hydrogen-bond donors (Lipinski definition) is 1. The summed E-state index contributed by atoms with van der Waals surface area (Å²) < 4.78 is 9.88. The standard InChI is InChI=1S/C12H14Cl2N2O2/c13-12(14)8-17-10-3-1-2-9(11(10)18-12)16-6-4-15-5-7-16/h1-3,15H,4-8H2. The van der Waals surface area contributed by atoms with Crippen LogP contribution < -0.4 is 19.7 Å². The molecule has 0 unspecified atom stereocenters. The highest BCUT2D eigenvalue weighted by Gasteiger charge is 2.35. The number of nitrogens with zero attached hydrogens (tertiary/aromatic N) is 1. The number of alkyl halides is 2. The topological polar surface area (TPSA) is 33.7 Å². The summed E-state index contributed by atoms with van der Waals surface area (Å²) in [5, 5.41) is 3.31. The van der Waals surface area contributed by atoms with Crippen LogP contribution in [0.15, 0.2) is 18.2 Å². The normalized spacial score (nSPS) is 21.8. The largest absolute Gasteiger partial charge is 0.483 e. The molecule has 18 heavy (non-hydrogen) atoms.